The molecule has 6 nitrogen and oxygen atoms in total. The van der Waals surface area contributed by atoms with Gasteiger partial charge in [0.25, 0.3) is 0 Å². The Kier molecular flexibility index (Phi) is 4.16. The van der Waals surface area contributed by atoms with E-state index < -0.39 is 26.1 Å². The van der Waals surface area contributed by atoms with Gasteiger partial charge in [0.2, 0.25) is 6.29 Å². The number of nitrogens with zero attached hydrogens (tertiary/aromatic N) is 1. The van der Waals surface area contributed by atoms with E-state index in [1.165, 1.54) is 0 Å². The number of carbonyl (C=O) groups excluding carboxylic acids is 1. The summed E-state index contributed by atoms with van der Waals surface area (Å²) in [5.41, 5.74) is -0.832. The predicted octanol–water partition coefficient (Wildman–Crippen LogP) is 2.61. The molecular weight excluding hydrogens is 338 g/mol. The quantitative estimate of drug-likeness (QED) is 0.392. The Morgan fingerprint density at radius 1 is 1.36 bits per heavy atom. The van der Waals surface area contributed by atoms with E-state index in [1.807, 2.05) is 11.1 Å². The van der Waals surface area contributed by atoms with Crippen LogP contribution in [0.3, 0.4) is 0 Å². The summed E-state index contributed by atoms with van der Waals surface area (Å²) < 4.78 is 18.2. The van der Waals surface area contributed by atoms with Crippen LogP contribution in [0.1, 0.15) is 33.6 Å². The number of hydrogen-bond acceptors (Lipinski definition) is 6. The number of ether oxygens (including phenoxy) is 2. The Hall–Kier alpha value is -0.733. The highest BCUT2D eigenvalue weighted by molar-refractivity contribution is 6.73. The second kappa shape index (κ2) is 5.89. The molecule has 4 aliphatic rings. The molecule has 4 saturated heterocycles. The molecule has 0 aliphatic carbocycles. The molecule has 0 saturated carbocycles. The Labute approximate surface area is 150 Å². The van der Waals surface area contributed by atoms with Crippen molar-refractivity contribution >= 4 is 14.3 Å². The molecule has 0 amide bonds. The van der Waals surface area contributed by atoms with Crippen LogP contribution in [0.5, 0.6) is 0 Å². The van der Waals surface area contributed by atoms with Gasteiger partial charge in [0, 0.05) is 6.54 Å². The maximum absolute atomic E-state index is 12.3. The van der Waals surface area contributed by atoms with Crippen LogP contribution in [0.25, 0.3) is 0 Å². The lowest BCUT2D eigenvalue weighted by molar-refractivity contribution is -0.188. The van der Waals surface area contributed by atoms with Crippen LogP contribution in [0.2, 0.25) is 18.1 Å². The highest BCUT2D eigenvalue weighted by Crippen LogP contribution is 2.64. The van der Waals surface area contributed by atoms with Gasteiger partial charge >= 0.3 is 5.97 Å². The molecule has 5 atom stereocenters. The molecule has 4 heterocycles. The number of hydroxylamine groups is 2. The van der Waals surface area contributed by atoms with E-state index in [2.05, 4.69) is 27.4 Å². The van der Waals surface area contributed by atoms with Gasteiger partial charge < -0.3 is 13.9 Å². The van der Waals surface area contributed by atoms with Crippen molar-refractivity contribution in [1.82, 2.24) is 5.06 Å². The maximum Gasteiger partial charge on any atom is 0.340 e. The molecule has 0 radical (unpaired) electrons. The maximum atomic E-state index is 12.3. The summed E-state index contributed by atoms with van der Waals surface area (Å²) in [5, 5.41) is 1.99. The molecule has 4 rings (SSSR count). The molecule has 0 unspecified atom stereocenters. The average Bonchev–Trinajstić information content (AvgIpc) is 3.26. The van der Waals surface area contributed by atoms with Gasteiger partial charge in [-0.05, 0) is 31.0 Å². The first-order valence-electron chi connectivity index (χ1n) is 9.56. The smallest absolute Gasteiger partial charge is 0.340 e. The van der Waals surface area contributed by atoms with Crippen LogP contribution in [0.4, 0.5) is 0 Å². The third-order valence-electron chi connectivity index (χ3n) is 7.14. The van der Waals surface area contributed by atoms with Crippen molar-refractivity contribution in [1.29, 1.82) is 0 Å². The van der Waals surface area contributed by atoms with E-state index in [0.29, 0.717) is 19.6 Å². The lowest BCUT2D eigenvalue weighted by Gasteiger charge is -2.36. The zero-order valence-electron chi connectivity index (χ0n) is 15.5. The summed E-state index contributed by atoms with van der Waals surface area (Å²) in [6.07, 6.45) is 2.37. The first kappa shape index (κ1) is 17.7. The minimum absolute atomic E-state index is 0.132. The minimum atomic E-state index is -1.69. The van der Waals surface area contributed by atoms with Gasteiger partial charge in [0.1, 0.15) is 0 Å². The van der Waals surface area contributed by atoms with Gasteiger partial charge in [-0.3, -0.25) is 4.84 Å². The van der Waals surface area contributed by atoms with Crippen molar-refractivity contribution < 1.29 is 23.5 Å². The van der Waals surface area contributed by atoms with Crippen molar-refractivity contribution in [3.05, 3.63) is 12.7 Å². The minimum Gasteiger partial charge on any atom is -0.433 e. The van der Waals surface area contributed by atoms with Crippen LogP contribution in [-0.2, 0) is 23.5 Å². The Bertz CT molecular complexity index is 574. The zero-order valence-corrected chi connectivity index (χ0v) is 16.5. The lowest BCUT2D eigenvalue weighted by atomic mass is 9.66. The summed E-state index contributed by atoms with van der Waals surface area (Å²) in [6, 6.07) is 3.39. The molecule has 4 fully saturated rings. The Balaban J connectivity index is 1.63. The number of allylic oxidation sites excluding steroid dienone is 1. The molecule has 7 heteroatoms. The fraction of sp³-hybridized carbons (Fsp3) is 0.833. The molecule has 4 aliphatic heterocycles. The molecule has 0 bridgehead atoms. The van der Waals surface area contributed by atoms with Gasteiger partial charge in [-0.25, -0.2) is 4.79 Å². The first-order chi connectivity index (χ1) is 12.0. The van der Waals surface area contributed by atoms with Crippen LogP contribution in [0.15, 0.2) is 12.7 Å². The summed E-state index contributed by atoms with van der Waals surface area (Å²) in [4.78, 5) is 18.4. The average molecular weight is 368 g/mol. The van der Waals surface area contributed by atoms with E-state index >= 15 is 0 Å². The summed E-state index contributed by atoms with van der Waals surface area (Å²) in [6.45, 7) is 11.9. The fourth-order valence-corrected chi connectivity index (χ4v) is 8.39. The predicted molar refractivity (Wildman–Crippen MR) is 94.1 cm³/mol. The van der Waals surface area contributed by atoms with Crippen molar-refractivity contribution in [2.24, 2.45) is 5.41 Å². The van der Waals surface area contributed by atoms with Crippen molar-refractivity contribution in [2.45, 2.75) is 75.8 Å². The largest absolute Gasteiger partial charge is 0.433 e. The molecule has 25 heavy (non-hydrogen) atoms. The van der Waals surface area contributed by atoms with Gasteiger partial charge in [-0.15, -0.1) is 6.58 Å². The van der Waals surface area contributed by atoms with Crippen LogP contribution in [0, 0.1) is 5.41 Å². The van der Waals surface area contributed by atoms with Gasteiger partial charge in [0.05, 0.1) is 23.7 Å². The molecule has 0 aromatic rings. The number of esters is 1. The highest BCUT2D eigenvalue weighted by atomic mass is 28.4. The number of carbonyl (C=O) groups is 1. The highest BCUT2D eigenvalue weighted by Gasteiger charge is 2.81. The van der Waals surface area contributed by atoms with Crippen LogP contribution >= 0.6 is 0 Å². The van der Waals surface area contributed by atoms with E-state index in [-0.39, 0.29) is 17.6 Å². The van der Waals surface area contributed by atoms with Crippen LogP contribution < -0.4 is 0 Å². The number of rotatable bonds is 7. The van der Waals surface area contributed by atoms with Crippen molar-refractivity contribution in [3.63, 3.8) is 0 Å². The summed E-state index contributed by atoms with van der Waals surface area (Å²) in [5.74, 6) is -0.308. The van der Waals surface area contributed by atoms with Gasteiger partial charge in [-0.2, -0.15) is 5.06 Å². The second-order valence-corrected chi connectivity index (χ2v) is 12.6. The third-order valence-corrected chi connectivity index (χ3v) is 11.8. The topological polar surface area (TPSA) is 57.2 Å². The van der Waals surface area contributed by atoms with Gasteiger partial charge in [-0.1, -0.05) is 26.8 Å². The molecule has 0 N–H and O–H groups in total. The SMILES string of the molecule is C=CC[C@@]12[C@H]3OC[C@@]14C[C@@H](O[Si](CC)(CC)CC)CN4O[C@@H]2C(=O)O3. The molecule has 0 aromatic heterocycles. The summed E-state index contributed by atoms with van der Waals surface area (Å²) >= 11 is 0. The Morgan fingerprint density at radius 2 is 2.08 bits per heavy atom. The Morgan fingerprint density at radius 3 is 2.72 bits per heavy atom. The third kappa shape index (κ3) is 2.07. The standard InChI is InChI=1S/C18H29NO5Si/c1-5-9-18-14-15(20)22-16(18)21-12-17(18)10-13(11-19(17)23-14)24-25(6-2,7-3)8-4/h5,13-14,16H,1,6-12H2,2-4H3/t13-,14-,16+,17+,18-/m1/s1. The van der Waals surface area contributed by atoms with Crippen molar-refractivity contribution in [3.8, 4) is 0 Å². The zero-order chi connectivity index (χ0) is 17.9. The van der Waals surface area contributed by atoms with Crippen LogP contribution in [-0.4, -0.2) is 56.5 Å². The first-order valence-corrected chi connectivity index (χ1v) is 12.1. The normalized spacial score (nSPS) is 42.5. The molecule has 0 aromatic carbocycles. The molecule has 140 valence electrons. The van der Waals surface area contributed by atoms with E-state index in [1.54, 1.807) is 0 Å². The van der Waals surface area contributed by atoms with Gasteiger partial charge in [0.15, 0.2) is 14.4 Å². The van der Waals surface area contributed by atoms with E-state index in [9.17, 15) is 4.79 Å². The second-order valence-electron chi connectivity index (χ2n) is 7.88. The monoisotopic (exact) mass is 367 g/mol. The van der Waals surface area contributed by atoms with E-state index in [4.69, 9.17) is 18.7 Å². The lowest BCUT2D eigenvalue weighted by Crippen LogP contribution is -2.52. The van der Waals surface area contributed by atoms with E-state index in [0.717, 1.165) is 24.6 Å². The molecule has 1 spiro atoms. The van der Waals surface area contributed by atoms with Crippen molar-refractivity contribution in [2.75, 3.05) is 13.2 Å². The molecular formula is C18H29NO5Si. The number of hydrogen-bond donors (Lipinski definition) is 0. The fourth-order valence-electron chi connectivity index (χ4n) is 5.53. The summed E-state index contributed by atoms with van der Waals surface area (Å²) in [7, 11) is -1.69.